The summed E-state index contributed by atoms with van der Waals surface area (Å²) in [5.41, 5.74) is 2.82. The molecule has 1 saturated heterocycles. The van der Waals surface area contributed by atoms with Gasteiger partial charge in [-0.15, -0.1) is 0 Å². The third kappa shape index (κ3) is 3.79. The van der Waals surface area contributed by atoms with Crippen LogP contribution in [0.4, 0.5) is 5.69 Å². The molecule has 0 saturated carbocycles. The summed E-state index contributed by atoms with van der Waals surface area (Å²) >= 11 is 0. The predicted molar refractivity (Wildman–Crippen MR) is 92.5 cm³/mol. The molecule has 1 unspecified atom stereocenters. The molecule has 3 rings (SSSR count). The van der Waals surface area contributed by atoms with Gasteiger partial charge in [-0.1, -0.05) is 18.2 Å². The molecule has 2 heterocycles. The van der Waals surface area contributed by atoms with Gasteiger partial charge in [-0.25, -0.2) is 0 Å². The van der Waals surface area contributed by atoms with Crippen molar-refractivity contribution < 1.29 is 9.59 Å². The van der Waals surface area contributed by atoms with Crippen LogP contribution >= 0.6 is 0 Å². The zero-order valence-corrected chi connectivity index (χ0v) is 13.7. The molecule has 1 aromatic carbocycles. The average molecular weight is 323 g/mol. The first-order chi connectivity index (χ1) is 11.6. The van der Waals surface area contributed by atoms with Gasteiger partial charge in [0.2, 0.25) is 11.8 Å². The molecular weight excluding hydrogens is 302 g/mol. The Labute approximate surface area is 141 Å². The molecule has 5 heteroatoms. The van der Waals surface area contributed by atoms with Gasteiger partial charge in [-0.3, -0.25) is 14.6 Å². The van der Waals surface area contributed by atoms with Gasteiger partial charge >= 0.3 is 0 Å². The second kappa shape index (κ2) is 7.25. The van der Waals surface area contributed by atoms with Gasteiger partial charge in [0.05, 0.1) is 12.5 Å². The topological polar surface area (TPSA) is 62.3 Å². The Balaban J connectivity index is 1.57. The van der Waals surface area contributed by atoms with Crippen LogP contribution in [0.2, 0.25) is 0 Å². The van der Waals surface area contributed by atoms with Crippen LogP contribution in [-0.2, 0) is 16.0 Å². The van der Waals surface area contributed by atoms with Crippen LogP contribution in [0.1, 0.15) is 36.9 Å². The quantitative estimate of drug-likeness (QED) is 0.920. The summed E-state index contributed by atoms with van der Waals surface area (Å²) in [5, 5.41) is 2.98. The molecule has 1 aliphatic rings. The van der Waals surface area contributed by atoms with Gasteiger partial charge in [-0.05, 0) is 42.7 Å². The number of aromatic nitrogens is 1. The lowest BCUT2D eigenvalue weighted by molar-refractivity contribution is -0.121. The van der Waals surface area contributed by atoms with E-state index in [0.29, 0.717) is 12.8 Å². The van der Waals surface area contributed by atoms with Gasteiger partial charge in [-0.2, -0.15) is 0 Å². The van der Waals surface area contributed by atoms with Crippen molar-refractivity contribution in [2.45, 2.75) is 32.2 Å². The van der Waals surface area contributed by atoms with Crippen LogP contribution in [0, 0.1) is 0 Å². The summed E-state index contributed by atoms with van der Waals surface area (Å²) in [6.45, 7) is 2.72. The number of amides is 2. The minimum Gasteiger partial charge on any atom is -0.349 e. The normalized spacial score (nSPS) is 15.4. The molecule has 2 amide bonds. The summed E-state index contributed by atoms with van der Waals surface area (Å²) in [4.78, 5) is 29.8. The maximum Gasteiger partial charge on any atom is 0.227 e. The summed E-state index contributed by atoms with van der Waals surface area (Å²) < 4.78 is 0. The van der Waals surface area contributed by atoms with Crippen LogP contribution in [0.5, 0.6) is 0 Å². The van der Waals surface area contributed by atoms with Gasteiger partial charge < -0.3 is 10.2 Å². The standard InChI is InChI=1S/C19H21N3O2/c1-14(16-4-2-10-20-13-16)21-18(23)12-15-6-8-17(9-7-15)22-11-3-5-19(22)24/h2,4,6-10,13-14H,3,5,11-12H2,1H3,(H,21,23). The molecule has 0 radical (unpaired) electrons. The van der Waals surface area contributed by atoms with E-state index in [4.69, 9.17) is 0 Å². The van der Waals surface area contributed by atoms with Gasteiger partial charge in [0.25, 0.3) is 0 Å². The van der Waals surface area contributed by atoms with Gasteiger partial charge in [0.15, 0.2) is 0 Å². The van der Waals surface area contributed by atoms with Crippen LogP contribution in [-0.4, -0.2) is 23.3 Å². The number of nitrogens with one attached hydrogen (secondary N) is 1. The van der Waals surface area contributed by atoms with Crippen LogP contribution in [0.3, 0.4) is 0 Å². The molecule has 1 atom stereocenters. The van der Waals surface area contributed by atoms with E-state index in [0.717, 1.165) is 29.8 Å². The summed E-state index contributed by atoms with van der Waals surface area (Å²) in [7, 11) is 0. The highest BCUT2D eigenvalue weighted by Gasteiger charge is 2.21. The maximum atomic E-state index is 12.2. The third-order valence-electron chi connectivity index (χ3n) is 4.25. The van der Waals surface area contributed by atoms with Crippen molar-refractivity contribution in [3.63, 3.8) is 0 Å². The van der Waals surface area contributed by atoms with Crippen LogP contribution in [0.25, 0.3) is 0 Å². The number of nitrogens with zero attached hydrogens (tertiary/aromatic N) is 2. The van der Waals surface area contributed by atoms with Gasteiger partial charge in [0.1, 0.15) is 0 Å². The Hall–Kier alpha value is -2.69. The van der Waals surface area contributed by atoms with Crippen molar-refractivity contribution in [3.05, 3.63) is 59.9 Å². The lowest BCUT2D eigenvalue weighted by atomic mass is 10.1. The molecule has 24 heavy (non-hydrogen) atoms. The van der Waals surface area contributed by atoms with Crippen molar-refractivity contribution in [3.8, 4) is 0 Å². The van der Waals surface area contributed by atoms with E-state index in [1.807, 2.05) is 43.3 Å². The fourth-order valence-corrected chi connectivity index (χ4v) is 2.91. The molecular formula is C19H21N3O2. The molecule has 0 spiro atoms. The molecule has 124 valence electrons. The number of anilines is 1. The highest BCUT2D eigenvalue weighted by molar-refractivity contribution is 5.95. The Bertz CT molecular complexity index is 713. The van der Waals surface area contributed by atoms with Crippen molar-refractivity contribution in [1.29, 1.82) is 0 Å². The zero-order chi connectivity index (χ0) is 16.9. The lowest BCUT2D eigenvalue weighted by Gasteiger charge is -2.16. The smallest absolute Gasteiger partial charge is 0.227 e. The monoisotopic (exact) mass is 323 g/mol. The van der Waals surface area contributed by atoms with E-state index in [2.05, 4.69) is 10.3 Å². The average Bonchev–Trinajstić information content (AvgIpc) is 3.02. The van der Waals surface area contributed by atoms with Gasteiger partial charge in [0, 0.05) is 31.0 Å². The summed E-state index contributed by atoms with van der Waals surface area (Å²) in [6.07, 6.45) is 5.32. The first-order valence-electron chi connectivity index (χ1n) is 8.22. The SMILES string of the molecule is CC(NC(=O)Cc1ccc(N2CCCC2=O)cc1)c1cccnc1. The van der Waals surface area contributed by atoms with E-state index in [-0.39, 0.29) is 17.9 Å². The number of carbonyl (C=O) groups is 2. The van der Waals surface area contributed by atoms with E-state index in [9.17, 15) is 9.59 Å². The predicted octanol–water partition coefficient (Wildman–Crippen LogP) is 2.63. The fraction of sp³-hybridized carbons (Fsp3) is 0.316. The Morgan fingerprint density at radius 2 is 2.08 bits per heavy atom. The summed E-state index contributed by atoms with van der Waals surface area (Å²) in [6, 6.07) is 11.4. The first kappa shape index (κ1) is 16.2. The Morgan fingerprint density at radius 3 is 2.71 bits per heavy atom. The van der Waals surface area contributed by atoms with Crippen molar-refractivity contribution in [2.75, 3.05) is 11.4 Å². The van der Waals surface area contributed by atoms with Crippen molar-refractivity contribution >= 4 is 17.5 Å². The molecule has 0 aliphatic carbocycles. The fourth-order valence-electron chi connectivity index (χ4n) is 2.91. The Kier molecular flexibility index (Phi) is 4.89. The van der Waals surface area contributed by atoms with Crippen molar-refractivity contribution in [1.82, 2.24) is 10.3 Å². The second-order valence-corrected chi connectivity index (χ2v) is 6.07. The van der Waals surface area contributed by atoms with Crippen molar-refractivity contribution in [2.24, 2.45) is 0 Å². The van der Waals surface area contributed by atoms with E-state index in [1.54, 1.807) is 17.3 Å². The molecule has 1 N–H and O–H groups in total. The number of rotatable bonds is 5. The molecule has 0 bridgehead atoms. The van der Waals surface area contributed by atoms with E-state index < -0.39 is 0 Å². The number of hydrogen-bond acceptors (Lipinski definition) is 3. The molecule has 1 fully saturated rings. The number of carbonyl (C=O) groups excluding carboxylic acids is 2. The van der Waals surface area contributed by atoms with Crippen LogP contribution < -0.4 is 10.2 Å². The van der Waals surface area contributed by atoms with E-state index >= 15 is 0 Å². The largest absolute Gasteiger partial charge is 0.349 e. The molecule has 1 aromatic heterocycles. The van der Waals surface area contributed by atoms with E-state index in [1.165, 1.54) is 0 Å². The minimum atomic E-state index is -0.0762. The second-order valence-electron chi connectivity index (χ2n) is 6.07. The zero-order valence-electron chi connectivity index (χ0n) is 13.7. The maximum absolute atomic E-state index is 12.2. The Morgan fingerprint density at radius 1 is 1.29 bits per heavy atom. The first-order valence-corrected chi connectivity index (χ1v) is 8.22. The lowest BCUT2D eigenvalue weighted by Crippen LogP contribution is -2.28. The highest BCUT2D eigenvalue weighted by Crippen LogP contribution is 2.21. The number of pyridine rings is 1. The third-order valence-corrected chi connectivity index (χ3v) is 4.25. The molecule has 2 aromatic rings. The molecule has 1 aliphatic heterocycles. The summed E-state index contributed by atoms with van der Waals surface area (Å²) in [5.74, 6) is 0.141. The number of hydrogen-bond donors (Lipinski definition) is 1. The molecule has 5 nitrogen and oxygen atoms in total. The minimum absolute atomic E-state index is 0.0312. The van der Waals surface area contributed by atoms with Crippen LogP contribution in [0.15, 0.2) is 48.8 Å². The number of benzene rings is 1. The highest BCUT2D eigenvalue weighted by atomic mass is 16.2.